The van der Waals surface area contributed by atoms with Crippen LogP contribution in [0.5, 0.6) is 5.75 Å². The van der Waals surface area contributed by atoms with Crippen molar-refractivity contribution in [3.63, 3.8) is 0 Å². The third-order valence-corrected chi connectivity index (χ3v) is 4.13. The molecule has 0 fully saturated rings. The van der Waals surface area contributed by atoms with Gasteiger partial charge in [-0.15, -0.1) is 11.8 Å². The molecule has 0 unspecified atom stereocenters. The van der Waals surface area contributed by atoms with Gasteiger partial charge in [-0.1, -0.05) is 12.1 Å². The number of halogens is 1. The van der Waals surface area contributed by atoms with E-state index in [-0.39, 0.29) is 11.6 Å². The Labute approximate surface area is 124 Å². The molecule has 0 saturated heterocycles. The number of rotatable bonds is 3. The molecular formula is C16H11FO3S. The fourth-order valence-corrected chi connectivity index (χ4v) is 2.99. The van der Waals surface area contributed by atoms with Gasteiger partial charge in [0, 0.05) is 28.2 Å². The molecule has 0 atom stereocenters. The Kier molecular flexibility index (Phi) is 3.66. The molecule has 5 heteroatoms. The Hall–Kier alpha value is -2.27. The van der Waals surface area contributed by atoms with Gasteiger partial charge in [-0.2, -0.15) is 0 Å². The van der Waals surface area contributed by atoms with Gasteiger partial charge in [0.1, 0.15) is 17.1 Å². The Bertz CT molecular complexity index is 858. The maximum Gasteiger partial charge on any atom is 0.336 e. The predicted octanol–water partition coefficient (Wildman–Crippen LogP) is 3.93. The van der Waals surface area contributed by atoms with Crippen molar-refractivity contribution in [3.05, 3.63) is 70.3 Å². The molecule has 3 rings (SSSR count). The van der Waals surface area contributed by atoms with Crippen LogP contribution in [0, 0.1) is 5.82 Å². The first kappa shape index (κ1) is 13.7. The van der Waals surface area contributed by atoms with Crippen LogP contribution < -0.4 is 5.63 Å². The van der Waals surface area contributed by atoms with Crippen LogP contribution >= 0.6 is 11.8 Å². The lowest BCUT2D eigenvalue weighted by molar-refractivity contribution is 0.473. The molecule has 0 amide bonds. The van der Waals surface area contributed by atoms with E-state index in [1.165, 1.54) is 36.0 Å². The molecule has 1 aromatic heterocycles. The monoisotopic (exact) mass is 302 g/mol. The molecule has 2 aromatic carbocycles. The highest BCUT2D eigenvalue weighted by Crippen LogP contribution is 2.29. The average Bonchev–Trinajstić information content (AvgIpc) is 2.45. The van der Waals surface area contributed by atoms with E-state index in [0.717, 1.165) is 10.9 Å². The lowest BCUT2D eigenvalue weighted by atomic mass is 10.1. The number of fused-ring (bicyclic) bond motifs is 1. The minimum atomic E-state index is -0.489. The summed E-state index contributed by atoms with van der Waals surface area (Å²) in [6, 6.07) is 12.5. The number of aromatic hydroxyl groups is 1. The first-order chi connectivity index (χ1) is 10.1. The van der Waals surface area contributed by atoms with Gasteiger partial charge in [0.2, 0.25) is 0 Å². The minimum absolute atomic E-state index is 0.0320. The van der Waals surface area contributed by atoms with E-state index in [4.69, 9.17) is 4.42 Å². The molecule has 3 aromatic rings. The zero-order chi connectivity index (χ0) is 14.8. The Morgan fingerprint density at radius 2 is 1.95 bits per heavy atom. The highest BCUT2D eigenvalue weighted by molar-refractivity contribution is 7.98. The molecule has 0 aliphatic heterocycles. The predicted molar refractivity (Wildman–Crippen MR) is 80.1 cm³/mol. The van der Waals surface area contributed by atoms with Crippen molar-refractivity contribution >= 4 is 22.7 Å². The standard InChI is InChI=1S/C16H11FO3S/c17-13-3-1-2-4-15(13)21-9-10-7-16(19)20-14-8-11(18)5-6-12(10)14/h1-8,18H,9H2. The van der Waals surface area contributed by atoms with Gasteiger partial charge in [0.05, 0.1) is 0 Å². The number of phenolic OH excluding ortho intramolecular Hbond substituents is 1. The zero-order valence-corrected chi connectivity index (χ0v) is 11.7. The smallest absolute Gasteiger partial charge is 0.336 e. The van der Waals surface area contributed by atoms with E-state index in [9.17, 15) is 14.3 Å². The van der Waals surface area contributed by atoms with Crippen LogP contribution in [0.25, 0.3) is 11.0 Å². The molecule has 0 bridgehead atoms. The van der Waals surface area contributed by atoms with Gasteiger partial charge in [0.25, 0.3) is 0 Å². The highest BCUT2D eigenvalue weighted by atomic mass is 32.2. The summed E-state index contributed by atoms with van der Waals surface area (Å²) in [5, 5.41) is 10.2. The van der Waals surface area contributed by atoms with Crippen molar-refractivity contribution < 1.29 is 13.9 Å². The maximum atomic E-state index is 13.6. The Balaban J connectivity index is 1.97. The summed E-state index contributed by atoms with van der Waals surface area (Å²) in [6.07, 6.45) is 0. The molecule has 1 N–H and O–H groups in total. The summed E-state index contributed by atoms with van der Waals surface area (Å²) < 4.78 is 18.7. The Morgan fingerprint density at radius 1 is 1.14 bits per heavy atom. The molecular weight excluding hydrogens is 291 g/mol. The SMILES string of the molecule is O=c1cc(CSc2ccccc2F)c2ccc(O)cc2o1. The van der Waals surface area contributed by atoms with E-state index in [1.54, 1.807) is 24.3 Å². The van der Waals surface area contributed by atoms with E-state index in [2.05, 4.69) is 0 Å². The fraction of sp³-hybridized carbons (Fsp3) is 0.0625. The second-order valence-electron chi connectivity index (χ2n) is 4.49. The summed E-state index contributed by atoms with van der Waals surface area (Å²) >= 11 is 1.31. The molecule has 0 radical (unpaired) electrons. The quantitative estimate of drug-likeness (QED) is 0.588. The van der Waals surface area contributed by atoms with Crippen LogP contribution in [0.2, 0.25) is 0 Å². The summed E-state index contributed by atoms with van der Waals surface area (Å²) in [5.41, 5.74) is 0.582. The van der Waals surface area contributed by atoms with Crippen LogP contribution in [0.4, 0.5) is 4.39 Å². The highest BCUT2D eigenvalue weighted by Gasteiger charge is 2.08. The topological polar surface area (TPSA) is 50.4 Å². The van der Waals surface area contributed by atoms with Gasteiger partial charge in [0.15, 0.2) is 0 Å². The zero-order valence-electron chi connectivity index (χ0n) is 10.9. The number of thioether (sulfide) groups is 1. The second kappa shape index (κ2) is 5.61. The van der Waals surface area contributed by atoms with E-state index in [0.29, 0.717) is 16.2 Å². The van der Waals surface area contributed by atoms with Crippen LogP contribution in [0.15, 0.2) is 62.6 Å². The van der Waals surface area contributed by atoms with Crippen LogP contribution in [-0.2, 0) is 5.75 Å². The molecule has 0 spiro atoms. The third kappa shape index (κ3) is 2.92. The largest absolute Gasteiger partial charge is 0.508 e. The summed E-state index contributed by atoms with van der Waals surface area (Å²) in [6.45, 7) is 0. The lowest BCUT2D eigenvalue weighted by Gasteiger charge is -2.06. The second-order valence-corrected chi connectivity index (χ2v) is 5.51. The number of hydrogen-bond donors (Lipinski definition) is 1. The van der Waals surface area contributed by atoms with E-state index < -0.39 is 5.63 Å². The van der Waals surface area contributed by atoms with E-state index >= 15 is 0 Å². The van der Waals surface area contributed by atoms with Crippen LogP contribution in [0.3, 0.4) is 0 Å². The van der Waals surface area contributed by atoms with Gasteiger partial charge in [-0.3, -0.25) is 0 Å². The van der Waals surface area contributed by atoms with Crippen LogP contribution in [0.1, 0.15) is 5.56 Å². The molecule has 1 heterocycles. The molecule has 0 saturated carbocycles. The van der Waals surface area contributed by atoms with E-state index in [1.807, 2.05) is 0 Å². The molecule has 0 aliphatic carbocycles. The van der Waals surface area contributed by atoms with Crippen molar-refractivity contribution in [2.45, 2.75) is 10.6 Å². The van der Waals surface area contributed by atoms with Gasteiger partial charge in [-0.05, 0) is 29.8 Å². The van der Waals surface area contributed by atoms with Crippen LogP contribution in [-0.4, -0.2) is 5.11 Å². The number of benzene rings is 2. The lowest BCUT2D eigenvalue weighted by Crippen LogP contribution is -1.99. The van der Waals surface area contributed by atoms with Crippen molar-refractivity contribution in [1.82, 2.24) is 0 Å². The molecule has 106 valence electrons. The summed E-state index contributed by atoms with van der Waals surface area (Å²) in [4.78, 5) is 12.1. The number of hydrogen-bond acceptors (Lipinski definition) is 4. The summed E-state index contributed by atoms with van der Waals surface area (Å²) in [5.74, 6) is 0.185. The normalized spacial score (nSPS) is 10.9. The first-order valence-corrected chi connectivity index (χ1v) is 7.25. The average molecular weight is 302 g/mol. The van der Waals surface area contributed by atoms with Crippen molar-refractivity contribution in [1.29, 1.82) is 0 Å². The Morgan fingerprint density at radius 3 is 2.76 bits per heavy atom. The molecule has 3 nitrogen and oxygen atoms in total. The third-order valence-electron chi connectivity index (χ3n) is 3.03. The van der Waals surface area contributed by atoms with Crippen molar-refractivity contribution in [2.75, 3.05) is 0 Å². The molecule has 0 aliphatic rings. The fourth-order valence-electron chi connectivity index (χ4n) is 2.06. The maximum absolute atomic E-state index is 13.6. The minimum Gasteiger partial charge on any atom is -0.508 e. The molecule has 21 heavy (non-hydrogen) atoms. The first-order valence-electron chi connectivity index (χ1n) is 6.26. The number of phenols is 1. The van der Waals surface area contributed by atoms with Gasteiger partial charge >= 0.3 is 5.63 Å². The van der Waals surface area contributed by atoms with Gasteiger partial charge < -0.3 is 9.52 Å². The van der Waals surface area contributed by atoms with Crippen molar-refractivity contribution in [3.8, 4) is 5.75 Å². The van der Waals surface area contributed by atoms with Crippen molar-refractivity contribution in [2.24, 2.45) is 0 Å². The summed E-state index contributed by atoms with van der Waals surface area (Å²) in [7, 11) is 0. The van der Waals surface area contributed by atoms with Gasteiger partial charge in [-0.25, -0.2) is 9.18 Å².